The van der Waals surface area contributed by atoms with Crippen molar-refractivity contribution in [3.8, 4) is 5.75 Å². The van der Waals surface area contributed by atoms with Crippen LogP contribution in [-0.2, 0) is 0 Å². The summed E-state index contributed by atoms with van der Waals surface area (Å²) in [5, 5.41) is 21.4. The van der Waals surface area contributed by atoms with Gasteiger partial charge < -0.3 is 10.2 Å². The number of carbonyl (C=O) groups is 1. The van der Waals surface area contributed by atoms with E-state index in [0.717, 1.165) is 5.39 Å². The molecule has 2 aromatic carbocycles. The Morgan fingerprint density at radius 1 is 0.864 bits per heavy atom. The summed E-state index contributed by atoms with van der Waals surface area (Å²) in [7, 11) is 0. The first-order valence-electron chi connectivity index (χ1n) is 6.83. The van der Waals surface area contributed by atoms with Gasteiger partial charge in [0.05, 0.1) is 11.1 Å². The number of aromatic nitrogens is 1. The molecule has 1 aromatic heterocycles. The molecule has 1 heterocycles. The van der Waals surface area contributed by atoms with Gasteiger partial charge in [-0.1, -0.05) is 42.5 Å². The van der Waals surface area contributed by atoms with Gasteiger partial charge >= 0.3 is 0 Å². The Bertz CT molecular complexity index is 973. The third-order valence-corrected chi connectivity index (χ3v) is 3.83. The third-order valence-electron chi connectivity index (χ3n) is 3.83. The summed E-state index contributed by atoms with van der Waals surface area (Å²) in [6.45, 7) is 0. The molecule has 0 atom stereocenters. The van der Waals surface area contributed by atoms with Crippen LogP contribution in [0, 0.1) is 0 Å². The fraction of sp³-hybridized carbons (Fsp3) is 0. The molecule has 0 saturated heterocycles. The zero-order valence-electron chi connectivity index (χ0n) is 11.4. The van der Waals surface area contributed by atoms with Crippen LogP contribution >= 0.6 is 0 Å². The number of ketones is 1. The number of pyridine rings is 1. The molecule has 4 heteroatoms. The number of benzene rings is 2. The van der Waals surface area contributed by atoms with E-state index in [9.17, 15) is 15.0 Å². The maximum atomic E-state index is 12.5. The molecule has 0 radical (unpaired) electrons. The van der Waals surface area contributed by atoms with Crippen LogP contribution in [0.25, 0.3) is 22.2 Å². The molecule has 0 fully saturated rings. The minimum absolute atomic E-state index is 0.0458. The van der Waals surface area contributed by atoms with Crippen molar-refractivity contribution >= 4 is 28.0 Å². The number of nitrogens with zero attached hydrogens (tertiary/aromatic N) is 1. The first kappa shape index (κ1) is 12.6. The third kappa shape index (κ3) is 1.64. The highest BCUT2D eigenvalue weighted by Crippen LogP contribution is 2.39. The highest BCUT2D eigenvalue weighted by molar-refractivity contribution is 6.39. The van der Waals surface area contributed by atoms with E-state index in [1.807, 2.05) is 18.2 Å². The van der Waals surface area contributed by atoms with Gasteiger partial charge in [-0.3, -0.25) is 4.79 Å². The average molecular weight is 289 g/mol. The molecule has 0 aliphatic heterocycles. The van der Waals surface area contributed by atoms with Gasteiger partial charge in [-0.25, -0.2) is 4.98 Å². The first-order chi connectivity index (χ1) is 10.7. The zero-order valence-corrected chi connectivity index (χ0v) is 11.4. The summed E-state index contributed by atoms with van der Waals surface area (Å²) in [6.07, 6.45) is 0. The van der Waals surface area contributed by atoms with Crippen molar-refractivity contribution in [2.45, 2.75) is 0 Å². The summed E-state index contributed by atoms with van der Waals surface area (Å²) in [6, 6.07) is 15.7. The number of fused-ring (bicyclic) bond motifs is 2. The summed E-state index contributed by atoms with van der Waals surface area (Å²) in [5.41, 5.74) is 1.70. The maximum Gasteiger partial charge on any atom is 0.199 e. The number of carbonyl (C=O) groups excluding carboxylic acids is 1. The Hall–Kier alpha value is -3.14. The number of allylic oxidation sites excluding steroid dienone is 1. The molecular formula is C18H11NO3. The van der Waals surface area contributed by atoms with E-state index in [4.69, 9.17) is 0 Å². The average Bonchev–Trinajstić information content (AvgIpc) is 2.79. The second-order valence-electron chi connectivity index (χ2n) is 5.15. The van der Waals surface area contributed by atoms with Crippen LogP contribution in [0.15, 0.2) is 54.6 Å². The van der Waals surface area contributed by atoms with Gasteiger partial charge in [0.25, 0.3) is 0 Å². The minimum Gasteiger partial charge on any atom is -0.506 e. The predicted octanol–water partition coefficient (Wildman–Crippen LogP) is 3.56. The van der Waals surface area contributed by atoms with Crippen LogP contribution < -0.4 is 0 Å². The van der Waals surface area contributed by atoms with Crippen LogP contribution in [-0.4, -0.2) is 21.0 Å². The summed E-state index contributed by atoms with van der Waals surface area (Å²) in [5.74, 6) is -0.591. The second kappa shape index (κ2) is 4.43. The van der Waals surface area contributed by atoms with Crippen molar-refractivity contribution in [2.24, 2.45) is 0 Å². The van der Waals surface area contributed by atoms with Crippen LogP contribution in [0.4, 0.5) is 0 Å². The van der Waals surface area contributed by atoms with Crippen LogP contribution in [0.5, 0.6) is 5.75 Å². The van der Waals surface area contributed by atoms with E-state index in [1.54, 1.807) is 36.4 Å². The Labute approximate surface area is 126 Å². The monoisotopic (exact) mass is 289 g/mol. The first-order valence-corrected chi connectivity index (χ1v) is 6.83. The van der Waals surface area contributed by atoms with Gasteiger partial charge in [0.15, 0.2) is 5.78 Å². The number of Topliss-reactive ketones (excluding diaryl/α,β-unsaturated/α-hetero) is 1. The topological polar surface area (TPSA) is 70.4 Å². The van der Waals surface area contributed by atoms with Gasteiger partial charge in [0, 0.05) is 16.5 Å². The minimum atomic E-state index is -0.328. The molecule has 1 aliphatic carbocycles. The molecule has 2 N–H and O–H groups in total. The number of aromatic hydroxyl groups is 1. The Morgan fingerprint density at radius 3 is 2.32 bits per heavy atom. The number of hydrogen-bond acceptors (Lipinski definition) is 4. The van der Waals surface area contributed by atoms with Crippen LogP contribution in [0.1, 0.15) is 21.6 Å². The molecule has 0 spiro atoms. The lowest BCUT2D eigenvalue weighted by molar-refractivity contribution is 0.105. The van der Waals surface area contributed by atoms with Gasteiger partial charge in [-0.15, -0.1) is 0 Å². The lowest BCUT2D eigenvalue weighted by Crippen LogP contribution is -2.01. The lowest BCUT2D eigenvalue weighted by Gasteiger charge is -2.06. The van der Waals surface area contributed by atoms with Crippen molar-refractivity contribution in [2.75, 3.05) is 0 Å². The molecule has 22 heavy (non-hydrogen) atoms. The van der Waals surface area contributed by atoms with E-state index < -0.39 is 0 Å². The summed E-state index contributed by atoms with van der Waals surface area (Å²) < 4.78 is 0. The fourth-order valence-electron chi connectivity index (χ4n) is 2.77. The van der Waals surface area contributed by atoms with Crippen molar-refractivity contribution in [1.82, 2.24) is 4.98 Å². The molecule has 106 valence electrons. The van der Waals surface area contributed by atoms with E-state index in [0.29, 0.717) is 16.6 Å². The lowest BCUT2D eigenvalue weighted by atomic mass is 10.0. The number of aliphatic hydroxyl groups excluding tert-OH is 1. The van der Waals surface area contributed by atoms with Gasteiger partial charge in [0.2, 0.25) is 0 Å². The molecule has 1 aliphatic rings. The number of rotatable bonds is 1. The smallest absolute Gasteiger partial charge is 0.199 e. The van der Waals surface area contributed by atoms with Gasteiger partial charge in [-0.05, 0) is 12.1 Å². The fourth-order valence-corrected chi connectivity index (χ4v) is 2.77. The van der Waals surface area contributed by atoms with Crippen LogP contribution in [0.2, 0.25) is 0 Å². The number of para-hydroxylation sites is 1. The second-order valence-corrected chi connectivity index (χ2v) is 5.15. The van der Waals surface area contributed by atoms with Crippen LogP contribution in [0.3, 0.4) is 0 Å². The number of hydrogen-bond donors (Lipinski definition) is 2. The summed E-state index contributed by atoms with van der Waals surface area (Å²) in [4.78, 5) is 16.9. The van der Waals surface area contributed by atoms with Gasteiger partial charge in [0.1, 0.15) is 17.2 Å². The van der Waals surface area contributed by atoms with Gasteiger partial charge in [-0.2, -0.15) is 0 Å². The molecule has 4 nitrogen and oxygen atoms in total. The number of aliphatic hydroxyl groups is 1. The molecule has 0 bridgehead atoms. The predicted molar refractivity (Wildman–Crippen MR) is 83.6 cm³/mol. The largest absolute Gasteiger partial charge is 0.506 e. The molecule has 4 rings (SSSR count). The molecule has 0 amide bonds. The zero-order chi connectivity index (χ0) is 15.3. The van der Waals surface area contributed by atoms with E-state index in [-0.39, 0.29) is 28.6 Å². The molecule has 3 aromatic rings. The Morgan fingerprint density at radius 2 is 1.55 bits per heavy atom. The molecular weight excluding hydrogens is 278 g/mol. The van der Waals surface area contributed by atoms with E-state index >= 15 is 0 Å². The molecule has 0 saturated carbocycles. The van der Waals surface area contributed by atoms with Crippen molar-refractivity contribution < 1.29 is 15.0 Å². The standard InChI is InChI=1S/C18H11NO3/c20-14-9-10-5-1-4-8-13(10)19-16(14)15-17(21)11-6-2-3-7-12(11)18(15)22/h1-9,20-21H. The highest BCUT2D eigenvalue weighted by Gasteiger charge is 2.32. The SMILES string of the molecule is O=C1C(c2nc3ccccc3cc2O)=C(O)c2ccccc21. The Balaban J connectivity index is 1.99. The normalized spacial score (nSPS) is 13.7. The maximum absolute atomic E-state index is 12.5. The van der Waals surface area contributed by atoms with Crippen molar-refractivity contribution in [1.29, 1.82) is 0 Å². The summed E-state index contributed by atoms with van der Waals surface area (Å²) >= 11 is 0. The quantitative estimate of drug-likeness (QED) is 0.718. The molecule has 0 unspecified atom stereocenters. The van der Waals surface area contributed by atoms with Crippen molar-refractivity contribution in [3.05, 3.63) is 71.4 Å². The van der Waals surface area contributed by atoms with Crippen molar-refractivity contribution in [3.63, 3.8) is 0 Å². The van der Waals surface area contributed by atoms with E-state index in [1.165, 1.54) is 0 Å². The Kier molecular flexibility index (Phi) is 2.53. The van der Waals surface area contributed by atoms with E-state index in [2.05, 4.69) is 4.98 Å². The highest BCUT2D eigenvalue weighted by atomic mass is 16.3.